The van der Waals surface area contributed by atoms with Crippen molar-refractivity contribution in [1.82, 2.24) is 5.32 Å². The predicted molar refractivity (Wildman–Crippen MR) is 77.7 cm³/mol. The number of nitro groups is 1. The molecule has 0 bridgehead atoms. The molecule has 8 nitrogen and oxygen atoms in total. The van der Waals surface area contributed by atoms with Gasteiger partial charge in [-0.2, -0.15) is 0 Å². The van der Waals surface area contributed by atoms with Gasteiger partial charge in [0.2, 0.25) is 0 Å². The van der Waals surface area contributed by atoms with Crippen molar-refractivity contribution in [2.75, 3.05) is 6.61 Å². The van der Waals surface area contributed by atoms with E-state index in [1.807, 2.05) is 6.92 Å². The minimum absolute atomic E-state index is 0.0812. The van der Waals surface area contributed by atoms with Gasteiger partial charge in [-0.05, 0) is 18.6 Å². The summed E-state index contributed by atoms with van der Waals surface area (Å²) in [6, 6.07) is 4.32. The van der Waals surface area contributed by atoms with Crippen molar-refractivity contribution in [2.45, 2.75) is 32.2 Å². The maximum absolute atomic E-state index is 11.7. The van der Waals surface area contributed by atoms with Gasteiger partial charge in [0, 0.05) is 12.1 Å². The molecule has 0 aliphatic heterocycles. The zero-order chi connectivity index (χ0) is 16.5. The quantitative estimate of drug-likeness (QED) is 0.529. The third kappa shape index (κ3) is 5.78. The number of nitrogens with zero attached hydrogens (tertiary/aromatic N) is 1. The fourth-order valence-electron chi connectivity index (χ4n) is 1.71. The Balaban J connectivity index is 2.47. The van der Waals surface area contributed by atoms with Gasteiger partial charge in [0.15, 0.2) is 6.61 Å². The first-order chi connectivity index (χ1) is 10.4. The van der Waals surface area contributed by atoms with E-state index in [4.69, 9.17) is 9.84 Å². The summed E-state index contributed by atoms with van der Waals surface area (Å²) in [6.07, 6.45) is 1.88. The number of carbonyl (C=O) groups is 2. The van der Waals surface area contributed by atoms with E-state index in [0.717, 1.165) is 6.42 Å². The number of ether oxygens (including phenoxy) is 1. The number of hydrogen-bond donors (Lipinski definition) is 2. The van der Waals surface area contributed by atoms with Gasteiger partial charge in [-0.25, -0.2) is 4.79 Å². The number of carbonyl (C=O) groups excluding carboxylic acids is 1. The van der Waals surface area contributed by atoms with Gasteiger partial charge in [0.05, 0.1) is 4.92 Å². The lowest BCUT2D eigenvalue weighted by atomic mass is 10.1. The normalized spacial score (nSPS) is 11.5. The number of aliphatic carboxylic acids is 1. The van der Waals surface area contributed by atoms with Crippen LogP contribution in [0.25, 0.3) is 0 Å². The summed E-state index contributed by atoms with van der Waals surface area (Å²) in [5, 5.41) is 21.9. The van der Waals surface area contributed by atoms with Crippen LogP contribution in [-0.2, 0) is 9.59 Å². The minimum Gasteiger partial charge on any atom is -0.484 e. The van der Waals surface area contributed by atoms with Crippen LogP contribution in [0.5, 0.6) is 5.75 Å². The highest BCUT2D eigenvalue weighted by atomic mass is 16.6. The van der Waals surface area contributed by atoms with Crippen LogP contribution < -0.4 is 10.1 Å². The van der Waals surface area contributed by atoms with Crippen LogP contribution in [0.15, 0.2) is 24.3 Å². The number of benzene rings is 1. The molecule has 2 N–H and O–H groups in total. The van der Waals surface area contributed by atoms with Gasteiger partial charge < -0.3 is 15.2 Å². The van der Waals surface area contributed by atoms with Crippen molar-refractivity contribution in [1.29, 1.82) is 0 Å². The van der Waals surface area contributed by atoms with Gasteiger partial charge in [0.1, 0.15) is 11.8 Å². The fraction of sp³-hybridized carbons (Fsp3) is 0.429. The number of hydrogen-bond acceptors (Lipinski definition) is 5. The summed E-state index contributed by atoms with van der Waals surface area (Å²) in [7, 11) is 0. The monoisotopic (exact) mass is 310 g/mol. The van der Waals surface area contributed by atoms with Gasteiger partial charge >= 0.3 is 5.97 Å². The summed E-state index contributed by atoms with van der Waals surface area (Å²) in [6.45, 7) is 1.58. The average Bonchev–Trinajstić information content (AvgIpc) is 2.49. The van der Waals surface area contributed by atoms with E-state index in [9.17, 15) is 19.7 Å². The molecule has 1 amide bonds. The molecule has 120 valence electrons. The number of rotatable bonds is 9. The third-order valence-electron chi connectivity index (χ3n) is 2.90. The van der Waals surface area contributed by atoms with Crippen LogP contribution in [-0.4, -0.2) is 34.6 Å². The Bertz CT molecular complexity index is 529. The Labute approximate surface area is 127 Å². The summed E-state index contributed by atoms with van der Waals surface area (Å²) < 4.78 is 5.16. The summed E-state index contributed by atoms with van der Waals surface area (Å²) in [5.74, 6) is -1.35. The van der Waals surface area contributed by atoms with E-state index in [2.05, 4.69) is 5.32 Å². The lowest BCUT2D eigenvalue weighted by Gasteiger charge is -2.14. The first-order valence-electron chi connectivity index (χ1n) is 6.83. The molecule has 0 aromatic heterocycles. The molecule has 0 aliphatic rings. The molecule has 1 rings (SSSR count). The van der Waals surface area contributed by atoms with Gasteiger partial charge in [0.25, 0.3) is 11.6 Å². The molecule has 0 heterocycles. The Hall–Kier alpha value is -2.64. The molecular formula is C14H18N2O6. The zero-order valence-corrected chi connectivity index (χ0v) is 12.2. The largest absolute Gasteiger partial charge is 0.484 e. The Morgan fingerprint density at radius 1 is 1.36 bits per heavy atom. The maximum Gasteiger partial charge on any atom is 0.326 e. The molecule has 22 heavy (non-hydrogen) atoms. The summed E-state index contributed by atoms with van der Waals surface area (Å²) >= 11 is 0. The lowest BCUT2D eigenvalue weighted by Crippen LogP contribution is -2.42. The molecule has 1 atom stereocenters. The topological polar surface area (TPSA) is 119 Å². The smallest absolute Gasteiger partial charge is 0.326 e. The van der Waals surface area contributed by atoms with Crippen LogP contribution in [0.1, 0.15) is 26.2 Å². The second-order valence-electron chi connectivity index (χ2n) is 4.64. The minimum atomic E-state index is -1.09. The number of nitro benzene ring substituents is 1. The van der Waals surface area contributed by atoms with E-state index in [-0.39, 0.29) is 12.3 Å². The van der Waals surface area contributed by atoms with Crippen molar-refractivity contribution in [3.8, 4) is 5.75 Å². The van der Waals surface area contributed by atoms with E-state index >= 15 is 0 Å². The summed E-state index contributed by atoms with van der Waals surface area (Å²) in [4.78, 5) is 32.6. The first-order valence-corrected chi connectivity index (χ1v) is 6.83. The van der Waals surface area contributed by atoms with E-state index < -0.39 is 22.8 Å². The first kappa shape index (κ1) is 17.4. The van der Waals surface area contributed by atoms with Gasteiger partial charge in [-0.1, -0.05) is 19.8 Å². The molecule has 1 aromatic rings. The Kier molecular flexibility index (Phi) is 6.81. The van der Waals surface area contributed by atoms with Crippen molar-refractivity contribution in [3.63, 3.8) is 0 Å². The number of non-ortho nitro benzene ring substituents is 1. The number of carboxylic acid groups (broad SMARTS) is 1. The van der Waals surface area contributed by atoms with Crippen LogP contribution in [0.3, 0.4) is 0 Å². The predicted octanol–water partition coefficient (Wildman–Crippen LogP) is 1.73. The molecule has 0 spiro atoms. The average molecular weight is 310 g/mol. The third-order valence-corrected chi connectivity index (χ3v) is 2.90. The van der Waals surface area contributed by atoms with E-state index in [1.165, 1.54) is 24.3 Å². The fourth-order valence-corrected chi connectivity index (χ4v) is 1.71. The van der Waals surface area contributed by atoms with Crippen LogP contribution in [0.4, 0.5) is 5.69 Å². The van der Waals surface area contributed by atoms with Crippen LogP contribution in [0, 0.1) is 10.1 Å². The highest BCUT2D eigenvalue weighted by Crippen LogP contribution is 2.17. The molecule has 0 radical (unpaired) electrons. The molecule has 1 unspecified atom stereocenters. The molecule has 0 saturated carbocycles. The maximum atomic E-state index is 11.7. The van der Waals surface area contributed by atoms with Gasteiger partial charge in [-0.15, -0.1) is 0 Å². The van der Waals surface area contributed by atoms with Crippen molar-refractivity contribution >= 4 is 17.6 Å². The zero-order valence-electron chi connectivity index (χ0n) is 12.2. The number of amides is 1. The standard InChI is InChI=1S/C14H18N2O6/c1-2-3-4-12(14(18)19)15-13(17)9-22-11-7-5-10(6-8-11)16(20)21/h5-8,12H,2-4,9H2,1H3,(H,15,17)(H,18,19). The van der Waals surface area contributed by atoms with Crippen LogP contribution >= 0.6 is 0 Å². The molecule has 8 heteroatoms. The van der Waals surface area contributed by atoms with Gasteiger partial charge in [-0.3, -0.25) is 14.9 Å². The molecule has 0 fully saturated rings. The SMILES string of the molecule is CCCCC(NC(=O)COc1ccc([N+](=O)[O-])cc1)C(=O)O. The lowest BCUT2D eigenvalue weighted by molar-refractivity contribution is -0.384. The second kappa shape index (κ2) is 8.60. The van der Waals surface area contributed by atoms with E-state index in [0.29, 0.717) is 18.6 Å². The Morgan fingerprint density at radius 2 is 2.00 bits per heavy atom. The number of nitrogens with one attached hydrogen (secondary N) is 1. The van der Waals surface area contributed by atoms with Crippen molar-refractivity contribution in [3.05, 3.63) is 34.4 Å². The van der Waals surface area contributed by atoms with Crippen molar-refractivity contribution in [2.24, 2.45) is 0 Å². The highest BCUT2D eigenvalue weighted by molar-refractivity contribution is 5.84. The second-order valence-corrected chi connectivity index (χ2v) is 4.64. The molecule has 0 saturated heterocycles. The molecule has 1 aromatic carbocycles. The molecular weight excluding hydrogens is 292 g/mol. The van der Waals surface area contributed by atoms with Crippen molar-refractivity contribution < 1.29 is 24.4 Å². The highest BCUT2D eigenvalue weighted by Gasteiger charge is 2.19. The number of unbranched alkanes of at least 4 members (excludes halogenated alkanes) is 1. The van der Waals surface area contributed by atoms with E-state index in [1.54, 1.807) is 0 Å². The summed E-state index contributed by atoms with van der Waals surface area (Å²) in [5.41, 5.74) is -0.0812. The Morgan fingerprint density at radius 3 is 2.50 bits per heavy atom. The molecule has 0 aliphatic carbocycles. The van der Waals surface area contributed by atoms with Crippen LogP contribution in [0.2, 0.25) is 0 Å². The number of carboxylic acids is 1.